The largest absolute Gasteiger partial charge is 0.478 e. The highest BCUT2D eigenvalue weighted by molar-refractivity contribution is 7.17. The van der Waals surface area contributed by atoms with Gasteiger partial charge in [0.1, 0.15) is 0 Å². The number of hydrogen-bond acceptors (Lipinski definition) is 5. The number of benzene rings is 4. The fourth-order valence-electron chi connectivity index (χ4n) is 4.95. The van der Waals surface area contributed by atoms with Gasteiger partial charge in [0.2, 0.25) is 0 Å². The van der Waals surface area contributed by atoms with Crippen molar-refractivity contribution in [2.45, 2.75) is 13.0 Å². The molecule has 6 rings (SSSR count). The van der Waals surface area contributed by atoms with Crippen molar-refractivity contribution >= 4 is 50.0 Å². The summed E-state index contributed by atoms with van der Waals surface area (Å²) in [5.74, 6) is -1.51. The van der Waals surface area contributed by atoms with Crippen molar-refractivity contribution in [3.05, 3.63) is 136 Å². The maximum Gasteiger partial charge on any atom is 0.335 e. The number of carboxylic acids is 1. The minimum Gasteiger partial charge on any atom is -0.478 e. The molecule has 0 unspecified atom stereocenters. The number of carboxylic acid groups (broad SMARTS) is 1. The number of amides is 1. The van der Waals surface area contributed by atoms with E-state index in [0.29, 0.717) is 22.1 Å². The van der Waals surface area contributed by atoms with Crippen molar-refractivity contribution in [3.8, 4) is 11.1 Å². The van der Waals surface area contributed by atoms with Crippen molar-refractivity contribution in [1.82, 2.24) is 10.3 Å². The number of hydrogen-bond donors (Lipinski definition) is 2. The number of nitrogens with zero attached hydrogens (tertiary/aromatic N) is 1. The summed E-state index contributed by atoms with van der Waals surface area (Å²) < 4.78 is 0.831. The average Bonchev–Trinajstić information content (AvgIpc) is 3.44. The van der Waals surface area contributed by atoms with E-state index in [9.17, 15) is 19.5 Å². The van der Waals surface area contributed by atoms with Gasteiger partial charge in [0.05, 0.1) is 17.1 Å². The van der Waals surface area contributed by atoms with Crippen LogP contribution in [-0.4, -0.2) is 27.8 Å². The van der Waals surface area contributed by atoms with Crippen LogP contribution in [0.25, 0.3) is 32.1 Å². The van der Waals surface area contributed by atoms with Crippen molar-refractivity contribution in [2.75, 3.05) is 0 Å². The number of ketones is 1. The maximum atomic E-state index is 13.9. The van der Waals surface area contributed by atoms with Crippen LogP contribution in [-0.2, 0) is 0 Å². The molecule has 2 heterocycles. The van der Waals surface area contributed by atoms with E-state index in [-0.39, 0.29) is 17.3 Å². The van der Waals surface area contributed by atoms with Gasteiger partial charge in [0.15, 0.2) is 5.78 Å². The Hall–Kier alpha value is -5.14. The quantitative estimate of drug-likeness (QED) is 0.198. The number of aromatic carboxylic acids is 1. The second-order valence-corrected chi connectivity index (χ2v) is 10.7. The van der Waals surface area contributed by atoms with Crippen LogP contribution in [0.15, 0.2) is 109 Å². The summed E-state index contributed by atoms with van der Waals surface area (Å²) in [6, 6.07) is 28.9. The molecular weight excluding hydrogens is 532 g/mol. The molecule has 4 aromatic carbocycles. The van der Waals surface area contributed by atoms with Gasteiger partial charge < -0.3 is 10.4 Å². The topological polar surface area (TPSA) is 96.4 Å². The molecule has 0 radical (unpaired) electrons. The van der Waals surface area contributed by atoms with E-state index >= 15 is 0 Å². The summed E-state index contributed by atoms with van der Waals surface area (Å²) in [6.45, 7) is 1.84. The molecule has 6 aromatic rings. The normalized spacial score (nSPS) is 11.8. The number of pyridine rings is 1. The number of carbonyl (C=O) groups excluding carboxylic acids is 2. The number of thiophene rings is 1. The molecule has 0 aliphatic rings. The van der Waals surface area contributed by atoms with E-state index in [0.717, 1.165) is 32.3 Å². The molecule has 1 amide bonds. The molecule has 0 saturated heterocycles. The summed E-state index contributed by atoms with van der Waals surface area (Å²) in [7, 11) is 0. The average molecular weight is 557 g/mol. The van der Waals surface area contributed by atoms with Crippen molar-refractivity contribution < 1.29 is 19.5 Å². The number of fused-ring (bicyclic) bond motifs is 2. The van der Waals surface area contributed by atoms with Gasteiger partial charge in [-0.3, -0.25) is 14.6 Å². The third-order valence-corrected chi connectivity index (χ3v) is 8.07. The molecule has 2 N–H and O–H groups in total. The van der Waals surface area contributed by atoms with Crippen LogP contribution in [0.1, 0.15) is 55.2 Å². The standard InChI is InChI=1S/C34H24N2O4S/c1-20(21-9-12-24(13-10-21)34(39)40)36-33(38)27-16-26(22-6-3-2-4-7-22)18-30-31(27)28(19-41-30)32(37)25-14-11-23-8-5-15-35-29(23)17-25/h2-20H,1H3,(H,36,38)(H,39,40)/t20-/m0/s1. The molecule has 0 fully saturated rings. The Labute approximate surface area is 239 Å². The first-order valence-electron chi connectivity index (χ1n) is 13.0. The fourth-order valence-corrected chi connectivity index (χ4v) is 5.95. The monoisotopic (exact) mass is 556 g/mol. The van der Waals surface area contributed by atoms with E-state index in [1.54, 1.807) is 30.5 Å². The van der Waals surface area contributed by atoms with Gasteiger partial charge in [0.25, 0.3) is 5.91 Å². The van der Waals surface area contributed by atoms with Gasteiger partial charge in [-0.15, -0.1) is 11.3 Å². The molecule has 7 heteroatoms. The van der Waals surface area contributed by atoms with Crippen LogP contribution < -0.4 is 5.32 Å². The van der Waals surface area contributed by atoms with Crippen LogP contribution in [0, 0.1) is 0 Å². The first kappa shape index (κ1) is 26.1. The van der Waals surface area contributed by atoms with E-state index in [1.807, 2.05) is 73.0 Å². The Morgan fingerprint density at radius 2 is 1.56 bits per heavy atom. The smallest absolute Gasteiger partial charge is 0.335 e. The van der Waals surface area contributed by atoms with Crippen molar-refractivity contribution in [1.29, 1.82) is 0 Å². The Morgan fingerprint density at radius 3 is 2.32 bits per heavy atom. The minimum absolute atomic E-state index is 0.176. The van der Waals surface area contributed by atoms with Gasteiger partial charge in [-0.2, -0.15) is 0 Å². The molecule has 0 aliphatic carbocycles. The van der Waals surface area contributed by atoms with Crippen LogP contribution in [0.5, 0.6) is 0 Å². The summed E-state index contributed by atoms with van der Waals surface area (Å²) in [5.41, 5.74) is 4.87. The van der Waals surface area contributed by atoms with Crippen LogP contribution in [0.2, 0.25) is 0 Å². The molecule has 0 bridgehead atoms. The van der Waals surface area contributed by atoms with E-state index in [2.05, 4.69) is 10.3 Å². The number of nitrogens with one attached hydrogen (secondary N) is 1. The third kappa shape index (κ3) is 5.11. The zero-order valence-electron chi connectivity index (χ0n) is 22.0. The highest BCUT2D eigenvalue weighted by Gasteiger charge is 2.23. The molecule has 0 spiro atoms. The van der Waals surface area contributed by atoms with Crippen molar-refractivity contribution in [2.24, 2.45) is 0 Å². The van der Waals surface area contributed by atoms with E-state index < -0.39 is 12.0 Å². The maximum absolute atomic E-state index is 13.9. The van der Waals surface area contributed by atoms with Gasteiger partial charge in [-0.25, -0.2) is 4.79 Å². The molecule has 200 valence electrons. The highest BCUT2D eigenvalue weighted by atomic mass is 32.1. The number of rotatable bonds is 7. The molecular formula is C34H24N2O4S. The first-order chi connectivity index (χ1) is 19.9. The highest BCUT2D eigenvalue weighted by Crippen LogP contribution is 2.36. The third-order valence-electron chi connectivity index (χ3n) is 7.14. The summed E-state index contributed by atoms with van der Waals surface area (Å²) >= 11 is 1.43. The molecule has 6 nitrogen and oxygen atoms in total. The lowest BCUT2D eigenvalue weighted by molar-refractivity contribution is 0.0696. The Morgan fingerprint density at radius 1 is 0.805 bits per heavy atom. The van der Waals surface area contributed by atoms with Gasteiger partial charge in [0, 0.05) is 43.7 Å². The lowest BCUT2D eigenvalue weighted by Crippen LogP contribution is -2.27. The van der Waals surface area contributed by atoms with Crippen LogP contribution in [0.3, 0.4) is 0 Å². The predicted octanol–water partition coefficient (Wildman–Crippen LogP) is 7.54. The predicted molar refractivity (Wildman–Crippen MR) is 162 cm³/mol. The Kier molecular flexibility index (Phi) is 6.87. The SMILES string of the molecule is C[C@H](NC(=O)c1cc(-c2ccccc2)cc2scc(C(=O)c3ccc4cccnc4c3)c12)c1ccc(C(=O)O)cc1. The van der Waals surface area contributed by atoms with Gasteiger partial charge >= 0.3 is 5.97 Å². The fraction of sp³-hybridized carbons (Fsp3) is 0.0588. The lowest BCUT2D eigenvalue weighted by Gasteiger charge is -2.16. The first-order valence-corrected chi connectivity index (χ1v) is 13.9. The second kappa shape index (κ2) is 10.8. The van der Waals surface area contributed by atoms with Crippen LogP contribution >= 0.6 is 11.3 Å². The zero-order valence-corrected chi connectivity index (χ0v) is 22.8. The molecule has 2 aromatic heterocycles. The zero-order chi connectivity index (χ0) is 28.5. The molecule has 0 saturated carbocycles. The summed E-state index contributed by atoms with van der Waals surface area (Å²) in [5, 5.41) is 15.6. The van der Waals surface area contributed by atoms with Crippen LogP contribution in [0.4, 0.5) is 0 Å². The number of aromatic nitrogens is 1. The van der Waals surface area contributed by atoms with Crippen molar-refractivity contribution in [3.63, 3.8) is 0 Å². The molecule has 41 heavy (non-hydrogen) atoms. The van der Waals surface area contributed by atoms with Gasteiger partial charge in [-0.1, -0.05) is 60.7 Å². The summed E-state index contributed by atoms with van der Waals surface area (Å²) in [4.78, 5) is 43.3. The molecule has 0 aliphatic heterocycles. The molecule has 1 atom stereocenters. The number of carbonyl (C=O) groups is 3. The lowest BCUT2D eigenvalue weighted by atomic mass is 9.94. The van der Waals surface area contributed by atoms with E-state index in [4.69, 9.17) is 0 Å². The van der Waals surface area contributed by atoms with Gasteiger partial charge in [-0.05, 0) is 60.0 Å². The minimum atomic E-state index is -1.01. The van der Waals surface area contributed by atoms with E-state index in [1.165, 1.54) is 23.5 Å². The second-order valence-electron chi connectivity index (χ2n) is 9.77. The Balaban J connectivity index is 1.42. The summed E-state index contributed by atoms with van der Waals surface area (Å²) in [6.07, 6.45) is 1.69. The Bertz CT molecular complexity index is 1950.